The number of benzene rings is 1. The number of anilines is 1. The van der Waals surface area contributed by atoms with Crippen LogP contribution in [0.4, 0.5) is 5.69 Å². The van der Waals surface area contributed by atoms with Crippen molar-refractivity contribution in [3.05, 3.63) is 59.9 Å². The fourth-order valence-corrected chi connectivity index (χ4v) is 1.95. The van der Waals surface area contributed by atoms with Crippen molar-refractivity contribution in [3.8, 4) is 0 Å². The van der Waals surface area contributed by atoms with Crippen LogP contribution in [0.25, 0.3) is 0 Å². The normalized spacial score (nSPS) is 14.2. The van der Waals surface area contributed by atoms with Gasteiger partial charge in [0.15, 0.2) is 0 Å². The van der Waals surface area contributed by atoms with Crippen molar-refractivity contribution in [1.82, 2.24) is 4.98 Å². The number of nitrogens with zero attached hydrogens (tertiary/aromatic N) is 1. The molecule has 3 nitrogen and oxygen atoms in total. The van der Waals surface area contributed by atoms with Gasteiger partial charge in [-0.2, -0.15) is 0 Å². The van der Waals surface area contributed by atoms with Crippen LogP contribution in [0.15, 0.2) is 48.7 Å². The van der Waals surface area contributed by atoms with Crippen LogP contribution in [0, 0.1) is 0 Å². The summed E-state index contributed by atoms with van der Waals surface area (Å²) in [6, 6.07) is 13.4. The molecule has 0 bridgehead atoms. The molecule has 1 saturated carbocycles. The van der Waals surface area contributed by atoms with Crippen molar-refractivity contribution in [2.24, 2.45) is 0 Å². The first-order valence-electron chi connectivity index (χ1n) is 6.15. The highest BCUT2D eigenvalue weighted by molar-refractivity contribution is 6.02. The first-order chi connectivity index (χ1) is 8.83. The summed E-state index contributed by atoms with van der Waals surface area (Å²) in [6.45, 7) is 0. The number of pyridine rings is 1. The molecule has 3 heteroatoms. The molecule has 1 aromatic carbocycles. The SMILES string of the molecule is O=C(Nc1ccc(C2CC2)cc1)c1ccccn1. The van der Waals surface area contributed by atoms with Gasteiger partial charge in [0.05, 0.1) is 0 Å². The smallest absolute Gasteiger partial charge is 0.274 e. The second-order valence-corrected chi connectivity index (χ2v) is 4.57. The molecular formula is C15H14N2O. The summed E-state index contributed by atoms with van der Waals surface area (Å²) >= 11 is 0. The number of hydrogen-bond acceptors (Lipinski definition) is 2. The summed E-state index contributed by atoms with van der Waals surface area (Å²) < 4.78 is 0. The number of carbonyl (C=O) groups is 1. The molecule has 1 aliphatic carbocycles. The van der Waals surface area contributed by atoms with Crippen molar-refractivity contribution in [2.45, 2.75) is 18.8 Å². The minimum absolute atomic E-state index is 0.172. The van der Waals surface area contributed by atoms with Gasteiger partial charge in [-0.3, -0.25) is 9.78 Å². The lowest BCUT2D eigenvalue weighted by Crippen LogP contribution is -2.13. The third-order valence-electron chi connectivity index (χ3n) is 3.11. The monoisotopic (exact) mass is 238 g/mol. The van der Waals surface area contributed by atoms with Crippen molar-refractivity contribution in [2.75, 3.05) is 5.32 Å². The van der Waals surface area contributed by atoms with Crippen LogP contribution in [-0.2, 0) is 0 Å². The quantitative estimate of drug-likeness (QED) is 0.892. The van der Waals surface area contributed by atoms with E-state index in [1.807, 2.05) is 12.1 Å². The maximum atomic E-state index is 11.9. The van der Waals surface area contributed by atoms with Gasteiger partial charge in [-0.25, -0.2) is 0 Å². The lowest BCUT2D eigenvalue weighted by molar-refractivity contribution is 0.102. The Morgan fingerprint density at radius 2 is 1.89 bits per heavy atom. The van der Waals surface area contributed by atoms with Gasteiger partial charge >= 0.3 is 0 Å². The van der Waals surface area contributed by atoms with E-state index in [9.17, 15) is 4.79 Å². The van der Waals surface area contributed by atoms with E-state index >= 15 is 0 Å². The zero-order chi connectivity index (χ0) is 12.4. The summed E-state index contributed by atoms with van der Waals surface area (Å²) in [6.07, 6.45) is 4.20. The first-order valence-corrected chi connectivity index (χ1v) is 6.15. The second kappa shape index (κ2) is 4.61. The second-order valence-electron chi connectivity index (χ2n) is 4.57. The Balaban J connectivity index is 1.70. The molecule has 1 heterocycles. The van der Waals surface area contributed by atoms with Gasteiger partial charge in [0, 0.05) is 11.9 Å². The fourth-order valence-electron chi connectivity index (χ4n) is 1.95. The first kappa shape index (κ1) is 11.0. The van der Waals surface area contributed by atoms with Crippen molar-refractivity contribution in [3.63, 3.8) is 0 Å². The van der Waals surface area contributed by atoms with E-state index in [0.29, 0.717) is 5.69 Å². The molecule has 1 aliphatic rings. The van der Waals surface area contributed by atoms with E-state index in [4.69, 9.17) is 0 Å². The molecule has 1 aromatic heterocycles. The van der Waals surface area contributed by atoms with Gasteiger partial charge in [-0.05, 0) is 48.6 Å². The predicted molar refractivity (Wildman–Crippen MR) is 70.6 cm³/mol. The minimum Gasteiger partial charge on any atom is -0.321 e. The van der Waals surface area contributed by atoms with E-state index in [1.165, 1.54) is 18.4 Å². The van der Waals surface area contributed by atoms with E-state index in [-0.39, 0.29) is 5.91 Å². The number of rotatable bonds is 3. The molecule has 0 aliphatic heterocycles. The van der Waals surface area contributed by atoms with Gasteiger partial charge < -0.3 is 5.32 Å². The summed E-state index contributed by atoms with van der Waals surface area (Å²) in [5.74, 6) is 0.570. The van der Waals surface area contributed by atoms with E-state index < -0.39 is 0 Å². The number of amides is 1. The molecule has 2 aromatic rings. The molecule has 1 N–H and O–H groups in total. The van der Waals surface area contributed by atoms with Gasteiger partial charge in [0.2, 0.25) is 0 Å². The summed E-state index contributed by atoms with van der Waals surface area (Å²) in [5, 5.41) is 2.84. The number of aromatic nitrogens is 1. The third kappa shape index (κ3) is 2.40. The van der Waals surface area contributed by atoms with Crippen LogP contribution >= 0.6 is 0 Å². The number of nitrogens with one attached hydrogen (secondary N) is 1. The Bertz CT molecular complexity index is 544. The Morgan fingerprint density at radius 1 is 1.11 bits per heavy atom. The average molecular weight is 238 g/mol. The molecule has 3 rings (SSSR count). The van der Waals surface area contributed by atoms with Gasteiger partial charge in [-0.15, -0.1) is 0 Å². The van der Waals surface area contributed by atoms with E-state index in [2.05, 4.69) is 22.4 Å². The molecule has 1 amide bonds. The molecule has 0 spiro atoms. The third-order valence-corrected chi connectivity index (χ3v) is 3.11. The topological polar surface area (TPSA) is 42.0 Å². The molecule has 18 heavy (non-hydrogen) atoms. The van der Waals surface area contributed by atoms with Crippen molar-refractivity contribution < 1.29 is 4.79 Å². The highest BCUT2D eigenvalue weighted by Gasteiger charge is 2.22. The standard InChI is InChI=1S/C15H14N2O/c18-15(14-3-1-2-10-16-14)17-13-8-6-12(7-9-13)11-4-5-11/h1-3,6-11H,4-5H2,(H,17,18). The summed E-state index contributed by atoms with van der Waals surface area (Å²) in [7, 11) is 0. The molecule has 90 valence electrons. The largest absolute Gasteiger partial charge is 0.321 e. The molecular weight excluding hydrogens is 224 g/mol. The maximum absolute atomic E-state index is 11.9. The summed E-state index contributed by atoms with van der Waals surface area (Å²) in [4.78, 5) is 15.9. The zero-order valence-corrected chi connectivity index (χ0v) is 9.97. The van der Waals surface area contributed by atoms with E-state index in [1.54, 1.807) is 24.4 Å². The van der Waals surface area contributed by atoms with Crippen LogP contribution in [-0.4, -0.2) is 10.9 Å². The Kier molecular flexibility index (Phi) is 2.81. The highest BCUT2D eigenvalue weighted by Crippen LogP contribution is 2.40. The van der Waals surface area contributed by atoms with Crippen molar-refractivity contribution in [1.29, 1.82) is 0 Å². The Morgan fingerprint density at radius 3 is 2.50 bits per heavy atom. The van der Waals surface area contributed by atoms with Crippen LogP contribution in [0.3, 0.4) is 0 Å². The van der Waals surface area contributed by atoms with Crippen LogP contribution in [0.2, 0.25) is 0 Å². The van der Waals surface area contributed by atoms with Crippen LogP contribution in [0.5, 0.6) is 0 Å². The predicted octanol–water partition coefficient (Wildman–Crippen LogP) is 3.21. The van der Waals surface area contributed by atoms with Gasteiger partial charge in [-0.1, -0.05) is 18.2 Å². The molecule has 0 unspecified atom stereocenters. The van der Waals surface area contributed by atoms with Crippen molar-refractivity contribution >= 4 is 11.6 Å². The van der Waals surface area contributed by atoms with Crippen LogP contribution in [0.1, 0.15) is 34.8 Å². The molecule has 1 fully saturated rings. The lowest BCUT2D eigenvalue weighted by Gasteiger charge is -2.05. The number of hydrogen-bond donors (Lipinski definition) is 1. The highest BCUT2D eigenvalue weighted by atomic mass is 16.1. The minimum atomic E-state index is -0.172. The van der Waals surface area contributed by atoms with E-state index in [0.717, 1.165) is 11.6 Å². The number of carbonyl (C=O) groups excluding carboxylic acids is 1. The lowest BCUT2D eigenvalue weighted by atomic mass is 10.1. The Labute approximate surface area is 106 Å². The molecule has 0 atom stereocenters. The fraction of sp³-hybridized carbons (Fsp3) is 0.200. The van der Waals surface area contributed by atoms with Gasteiger partial charge in [0.25, 0.3) is 5.91 Å². The maximum Gasteiger partial charge on any atom is 0.274 e. The molecule has 0 saturated heterocycles. The average Bonchev–Trinajstić information content (AvgIpc) is 3.25. The zero-order valence-electron chi connectivity index (χ0n) is 9.97. The summed E-state index contributed by atoms with van der Waals surface area (Å²) in [5.41, 5.74) is 2.62. The molecule has 0 radical (unpaired) electrons. The van der Waals surface area contributed by atoms with Crippen LogP contribution < -0.4 is 5.32 Å². The Hall–Kier alpha value is -2.16. The van der Waals surface area contributed by atoms with Gasteiger partial charge in [0.1, 0.15) is 5.69 Å².